The van der Waals surface area contributed by atoms with Crippen LogP contribution in [0.1, 0.15) is 51.5 Å². The first-order valence-corrected chi connectivity index (χ1v) is 10.3. The van der Waals surface area contributed by atoms with Gasteiger partial charge < -0.3 is 21.9 Å². The Morgan fingerprint density at radius 1 is 1.03 bits per heavy atom. The quantitative estimate of drug-likeness (QED) is 0.377. The molecule has 8 heteroatoms. The molecular formula is C22H34FN3O4. The summed E-state index contributed by atoms with van der Waals surface area (Å²) in [6.45, 7) is 5.34. The molecule has 0 heterocycles. The van der Waals surface area contributed by atoms with E-state index in [4.69, 9.17) is 11.5 Å². The number of aliphatic hydroxyl groups excluding tert-OH is 1. The summed E-state index contributed by atoms with van der Waals surface area (Å²) in [5, 5.41) is 12.8. The summed E-state index contributed by atoms with van der Waals surface area (Å²) < 4.78 is 13.2. The third kappa shape index (κ3) is 7.59. The van der Waals surface area contributed by atoms with Crippen molar-refractivity contribution in [1.82, 2.24) is 5.32 Å². The summed E-state index contributed by atoms with van der Waals surface area (Å²) in [7, 11) is 0. The molecule has 0 spiro atoms. The van der Waals surface area contributed by atoms with Gasteiger partial charge in [-0.1, -0.05) is 26.0 Å². The molecule has 7 nitrogen and oxygen atoms in total. The fourth-order valence-electron chi connectivity index (χ4n) is 3.35. The SMILES string of the molecule is CC(C)C(=O)[C@H](CCN)NC(=O)[C@@H](CC(=O)C(CCN)c1ccc(F)cc1)C(C)O. The molecule has 4 atom stereocenters. The van der Waals surface area contributed by atoms with Crippen molar-refractivity contribution >= 4 is 17.5 Å². The number of carbonyl (C=O) groups is 3. The normalized spacial score (nSPS) is 15.3. The molecular weight excluding hydrogens is 389 g/mol. The first-order chi connectivity index (χ1) is 14.1. The van der Waals surface area contributed by atoms with Crippen LogP contribution in [0, 0.1) is 17.7 Å². The number of hydrogen-bond donors (Lipinski definition) is 4. The van der Waals surface area contributed by atoms with Crippen LogP contribution in [0.25, 0.3) is 0 Å². The van der Waals surface area contributed by atoms with Gasteiger partial charge in [0, 0.05) is 18.3 Å². The lowest BCUT2D eigenvalue weighted by Crippen LogP contribution is -2.48. The number of carbonyl (C=O) groups excluding carboxylic acids is 3. The molecule has 1 rings (SSSR count). The Kier molecular flexibility index (Phi) is 10.8. The predicted octanol–water partition coefficient (Wildman–Crippen LogP) is 1.27. The number of nitrogens with one attached hydrogen (secondary N) is 1. The minimum absolute atomic E-state index is 0.156. The van der Waals surface area contributed by atoms with Crippen molar-refractivity contribution in [3.05, 3.63) is 35.6 Å². The van der Waals surface area contributed by atoms with E-state index in [-0.39, 0.29) is 43.4 Å². The highest BCUT2D eigenvalue weighted by atomic mass is 19.1. The van der Waals surface area contributed by atoms with Crippen molar-refractivity contribution in [3.63, 3.8) is 0 Å². The Bertz CT molecular complexity index is 707. The summed E-state index contributed by atoms with van der Waals surface area (Å²) >= 11 is 0. The Morgan fingerprint density at radius 2 is 1.60 bits per heavy atom. The lowest BCUT2D eigenvalue weighted by Gasteiger charge is -2.25. The summed E-state index contributed by atoms with van der Waals surface area (Å²) in [5.41, 5.74) is 11.8. The minimum atomic E-state index is -1.10. The maximum absolute atomic E-state index is 13.2. The van der Waals surface area contributed by atoms with Crippen LogP contribution >= 0.6 is 0 Å². The van der Waals surface area contributed by atoms with Gasteiger partial charge in [0.05, 0.1) is 18.1 Å². The molecule has 1 aromatic rings. The molecule has 0 fully saturated rings. The number of ketones is 2. The van der Waals surface area contributed by atoms with Gasteiger partial charge in [-0.2, -0.15) is 0 Å². The summed E-state index contributed by atoms with van der Waals surface area (Å²) in [5.74, 6) is -3.35. The third-order valence-electron chi connectivity index (χ3n) is 5.14. The molecule has 1 amide bonds. The van der Waals surface area contributed by atoms with Gasteiger partial charge in [-0.25, -0.2) is 4.39 Å². The zero-order valence-electron chi connectivity index (χ0n) is 17.9. The number of rotatable bonds is 13. The zero-order valence-corrected chi connectivity index (χ0v) is 17.9. The van der Waals surface area contributed by atoms with Crippen molar-refractivity contribution in [3.8, 4) is 0 Å². The van der Waals surface area contributed by atoms with Crippen molar-refractivity contribution in [2.24, 2.45) is 23.3 Å². The second-order valence-corrected chi connectivity index (χ2v) is 7.89. The molecule has 0 aliphatic heterocycles. The standard InChI is InChI=1S/C22H34FN3O4/c1-13(2)21(29)19(9-11-25)26-22(30)18(14(3)27)12-20(28)17(8-10-24)15-4-6-16(23)7-5-15/h4-7,13-14,17-19,27H,8-12,24-25H2,1-3H3,(H,26,30)/t14?,17?,18-,19-/m0/s1. The van der Waals surface area contributed by atoms with Crippen molar-refractivity contribution < 1.29 is 23.9 Å². The van der Waals surface area contributed by atoms with E-state index < -0.39 is 35.7 Å². The van der Waals surface area contributed by atoms with Crippen LogP contribution in [-0.4, -0.2) is 47.8 Å². The highest BCUT2D eigenvalue weighted by Crippen LogP contribution is 2.25. The highest BCUT2D eigenvalue weighted by Gasteiger charge is 2.32. The average molecular weight is 424 g/mol. The molecule has 0 aliphatic rings. The van der Waals surface area contributed by atoms with Crippen LogP contribution in [0.4, 0.5) is 4.39 Å². The van der Waals surface area contributed by atoms with Crippen LogP contribution < -0.4 is 16.8 Å². The summed E-state index contributed by atoms with van der Waals surface area (Å²) in [6.07, 6.45) is -0.723. The first kappa shape index (κ1) is 25.9. The maximum Gasteiger partial charge on any atom is 0.226 e. The number of Topliss-reactive ketones (excluding diaryl/α,β-unsaturated/α-hetero) is 2. The van der Waals surface area contributed by atoms with Gasteiger partial charge in [0.2, 0.25) is 5.91 Å². The monoisotopic (exact) mass is 423 g/mol. The lowest BCUT2D eigenvalue weighted by atomic mass is 9.84. The number of nitrogens with two attached hydrogens (primary N) is 2. The van der Waals surface area contributed by atoms with Gasteiger partial charge >= 0.3 is 0 Å². The van der Waals surface area contributed by atoms with Crippen LogP contribution in [-0.2, 0) is 14.4 Å². The van der Waals surface area contributed by atoms with Crippen molar-refractivity contribution in [2.45, 2.75) is 58.1 Å². The largest absolute Gasteiger partial charge is 0.393 e. The summed E-state index contributed by atoms with van der Waals surface area (Å²) in [6, 6.07) is 4.79. The molecule has 30 heavy (non-hydrogen) atoms. The minimum Gasteiger partial charge on any atom is -0.393 e. The molecule has 0 aromatic heterocycles. The second kappa shape index (κ2) is 12.5. The zero-order chi connectivity index (χ0) is 22.8. The van der Waals surface area contributed by atoms with Gasteiger partial charge in [-0.05, 0) is 50.6 Å². The first-order valence-electron chi connectivity index (χ1n) is 10.3. The smallest absolute Gasteiger partial charge is 0.226 e. The van der Waals surface area contributed by atoms with Gasteiger partial charge in [0.15, 0.2) is 5.78 Å². The van der Waals surface area contributed by atoms with Crippen molar-refractivity contribution in [2.75, 3.05) is 13.1 Å². The van der Waals surface area contributed by atoms with Crippen LogP contribution in [0.15, 0.2) is 24.3 Å². The number of benzene rings is 1. The van der Waals surface area contributed by atoms with Crippen LogP contribution in [0.3, 0.4) is 0 Å². The molecule has 0 saturated heterocycles. The number of amides is 1. The van der Waals surface area contributed by atoms with Gasteiger partial charge in [0.25, 0.3) is 0 Å². The summed E-state index contributed by atoms with van der Waals surface area (Å²) in [4.78, 5) is 38.1. The Morgan fingerprint density at radius 3 is 2.07 bits per heavy atom. The van der Waals surface area contributed by atoms with E-state index in [0.29, 0.717) is 12.0 Å². The molecule has 6 N–H and O–H groups in total. The van der Waals surface area contributed by atoms with Gasteiger partial charge in [-0.15, -0.1) is 0 Å². The van der Waals surface area contributed by atoms with E-state index in [9.17, 15) is 23.9 Å². The van der Waals surface area contributed by atoms with E-state index in [2.05, 4.69) is 5.32 Å². The van der Waals surface area contributed by atoms with E-state index in [1.807, 2.05) is 0 Å². The average Bonchev–Trinajstić information content (AvgIpc) is 2.69. The highest BCUT2D eigenvalue weighted by molar-refractivity contribution is 5.94. The molecule has 0 aliphatic carbocycles. The van der Waals surface area contributed by atoms with E-state index >= 15 is 0 Å². The molecule has 168 valence electrons. The topological polar surface area (TPSA) is 136 Å². The molecule has 0 saturated carbocycles. The van der Waals surface area contributed by atoms with Gasteiger partial charge in [-0.3, -0.25) is 14.4 Å². The number of halogens is 1. The van der Waals surface area contributed by atoms with E-state index in [0.717, 1.165) is 0 Å². The fraction of sp³-hybridized carbons (Fsp3) is 0.591. The fourth-order valence-corrected chi connectivity index (χ4v) is 3.35. The van der Waals surface area contributed by atoms with Crippen LogP contribution in [0.2, 0.25) is 0 Å². The van der Waals surface area contributed by atoms with Gasteiger partial charge in [0.1, 0.15) is 11.6 Å². The van der Waals surface area contributed by atoms with Crippen LogP contribution in [0.5, 0.6) is 0 Å². The second-order valence-electron chi connectivity index (χ2n) is 7.89. The number of hydrogen-bond acceptors (Lipinski definition) is 6. The Hall–Kier alpha value is -2.16. The van der Waals surface area contributed by atoms with Crippen molar-refractivity contribution in [1.29, 1.82) is 0 Å². The Labute approximate surface area is 177 Å². The number of aliphatic hydroxyl groups is 1. The molecule has 0 bridgehead atoms. The maximum atomic E-state index is 13.2. The van der Waals surface area contributed by atoms with E-state index in [1.54, 1.807) is 13.8 Å². The van der Waals surface area contributed by atoms with E-state index in [1.165, 1.54) is 31.2 Å². The molecule has 0 radical (unpaired) electrons. The Balaban J connectivity index is 2.99. The predicted molar refractivity (Wildman–Crippen MR) is 113 cm³/mol. The molecule has 2 unspecified atom stereocenters. The lowest BCUT2D eigenvalue weighted by molar-refractivity contribution is -0.136. The third-order valence-corrected chi connectivity index (χ3v) is 5.14. The molecule has 1 aromatic carbocycles.